The van der Waals surface area contributed by atoms with Crippen LogP contribution in [-0.2, 0) is 6.54 Å². The Morgan fingerprint density at radius 1 is 1.33 bits per heavy atom. The standard InChI is InChI=1S/C15H17ClN2O2S/c1-2-17-8-11-9-18-15(21-11)10-6-12(16)14-13(7-10)19-4-3-5-20-14/h6-7,9,17H,2-5,8H2,1H3. The van der Waals surface area contributed by atoms with Crippen LogP contribution >= 0.6 is 22.9 Å². The van der Waals surface area contributed by atoms with Crippen molar-refractivity contribution in [3.8, 4) is 22.1 Å². The second-order valence-corrected chi connectivity index (χ2v) is 6.27. The fourth-order valence-electron chi connectivity index (χ4n) is 2.13. The zero-order valence-electron chi connectivity index (χ0n) is 11.8. The van der Waals surface area contributed by atoms with Crippen molar-refractivity contribution in [1.82, 2.24) is 10.3 Å². The Hall–Kier alpha value is -1.30. The highest BCUT2D eigenvalue weighted by molar-refractivity contribution is 7.15. The maximum atomic E-state index is 6.32. The molecule has 0 atom stereocenters. The smallest absolute Gasteiger partial charge is 0.179 e. The van der Waals surface area contributed by atoms with Gasteiger partial charge in [0, 0.05) is 29.6 Å². The van der Waals surface area contributed by atoms with Gasteiger partial charge in [0.05, 0.1) is 18.2 Å². The molecule has 4 nitrogen and oxygen atoms in total. The first kappa shape index (κ1) is 14.6. The second-order valence-electron chi connectivity index (χ2n) is 4.75. The van der Waals surface area contributed by atoms with E-state index >= 15 is 0 Å². The van der Waals surface area contributed by atoms with Gasteiger partial charge in [-0.1, -0.05) is 18.5 Å². The normalized spacial score (nSPS) is 14.0. The van der Waals surface area contributed by atoms with Crippen molar-refractivity contribution in [2.75, 3.05) is 19.8 Å². The Morgan fingerprint density at radius 2 is 2.19 bits per heavy atom. The third kappa shape index (κ3) is 3.31. The molecule has 112 valence electrons. The number of nitrogens with zero attached hydrogens (tertiary/aromatic N) is 1. The minimum absolute atomic E-state index is 0.577. The predicted octanol–water partition coefficient (Wildman–Crippen LogP) is 3.73. The van der Waals surface area contributed by atoms with Gasteiger partial charge in [-0.15, -0.1) is 11.3 Å². The summed E-state index contributed by atoms with van der Waals surface area (Å²) in [5.74, 6) is 1.35. The Morgan fingerprint density at radius 3 is 3.05 bits per heavy atom. The van der Waals surface area contributed by atoms with Crippen molar-refractivity contribution in [2.24, 2.45) is 0 Å². The number of rotatable bonds is 4. The van der Waals surface area contributed by atoms with Crippen LogP contribution in [0.25, 0.3) is 10.6 Å². The van der Waals surface area contributed by atoms with Crippen LogP contribution in [0.5, 0.6) is 11.5 Å². The third-order valence-corrected chi connectivity index (χ3v) is 4.48. The molecule has 0 amide bonds. The number of nitrogens with one attached hydrogen (secondary N) is 1. The lowest BCUT2D eigenvalue weighted by Gasteiger charge is -2.10. The molecule has 0 spiro atoms. The molecule has 21 heavy (non-hydrogen) atoms. The van der Waals surface area contributed by atoms with E-state index in [1.165, 1.54) is 4.88 Å². The number of halogens is 1. The van der Waals surface area contributed by atoms with Gasteiger partial charge in [0.25, 0.3) is 0 Å². The number of hydrogen-bond donors (Lipinski definition) is 1. The Kier molecular flexibility index (Phi) is 4.63. The fourth-order valence-corrected chi connectivity index (χ4v) is 3.26. The quantitative estimate of drug-likeness (QED) is 0.930. The van der Waals surface area contributed by atoms with E-state index in [-0.39, 0.29) is 0 Å². The van der Waals surface area contributed by atoms with Crippen LogP contribution in [0.2, 0.25) is 5.02 Å². The number of fused-ring (bicyclic) bond motifs is 1. The molecular formula is C15H17ClN2O2S. The van der Waals surface area contributed by atoms with Crippen LogP contribution in [0, 0.1) is 0 Å². The zero-order valence-corrected chi connectivity index (χ0v) is 13.4. The number of benzene rings is 1. The van der Waals surface area contributed by atoms with Crippen LogP contribution in [0.4, 0.5) is 0 Å². The van der Waals surface area contributed by atoms with Gasteiger partial charge < -0.3 is 14.8 Å². The van der Waals surface area contributed by atoms with E-state index in [9.17, 15) is 0 Å². The number of aromatic nitrogens is 1. The SMILES string of the molecule is CCNCc1cnc(-c2cc(Cl)c3c(c2)OCCCO3)s1. The average molecular weight is 325 g/mol. The Balaban J connectivity index is 1.90. The Bertz CT molecular complexity index is 630. The molecule has 0 fully saturated rings. The summed E-state index contributed by atoms with van der Waals surface area (Å²) in [6.07, 6.45) is 2.77. The van der Waals surface area contributed by atoms with E-state index in [1.807, 2.05) is 18.3 Å². The van der Waals surface area contributed by atoms with Gasteiger partial charge in [-0.25, -0.2) is 4.98 Å². The van der Waals surface area contributed by atoms with Crippen LogP contribution in [0.3, 0.4) is 0 Å². The summed E-state index contributed by atoms with van der Waals surface area (Å²) in [7, 11) is 0. The summed E-state index contributed by atoms with van der Waals surface area (Å²) >= 11 is 7.98. The summed E-state index contributed by atoms with van der Waals surface area (Å²) in [5, 5.41) is 4.82. The van der Waals surface area contributed by atoms with E-state index in [0.29, 0.717) is 29.7 Å². The first-order valence-electron chi connectivity index (χ1n) is 7.03. The largest absolute Gasteiger partial charge is 0.489 e. The molecule has 2 heterocycles. The first-order valence-corrected chi connectivity index (χ1v) is 8.22. The summed E-state index contributed by atoms with van der Waals surface area (Å²) in [6.45, 7) is 5.16. The van der Waals surface area contributed by atoms with Crippen LogP contribution in [0.15, 0.2) is 18.3 Å². The van der Waals surface area contributed by atoms with Gasteiger partial charge in [-0.3, -0.25) is 0 Å². The summed E-state index contributed by atoms with van der Waals surface area (Å²) in [6, 6.07) is 3.85. The molecule has 0 unspecified atom stereocenters. The van der Waals surface area contributed by atoms with E-state index < -0.39 is 0 Å². The monoisotopic (exact) mass is 324 g/mol. The molecule has 0 saturated carbocycles. The molecule has 1 N–H and O–H groups in total. The highest BCUT2D eigenvalue weighted by Gasteiger charge is 2.17. The molecule has 0 bridgehead atoms. The van der Waals surface area contributed by atoms with Gasteiger partial charge in [0.1, 0.15) is 5.01 Å². The second kappa shape index (κ2) is 6.64. The van der Waals surface area contributed by atoms with Crippen LogP contribution < -0.4 is 14.8 Å². The van der Waals surface area contributed by atoms with Crippen molar-refractivity contribution in [1.29, 1.82) is 0 Å². The molecule has 0 saturated heterocycles. The maximum absolute atomic E-state index is 6.32. The molecule has 2 aromatic rings. The van der Waals surface area contributed by atoms with Gasteiger partial charge in [0.2, 0.25) is 0 Å². The fraction of sp³-hybridized carbons (Fsp3) is 0.400. The number of ether oxygens (including phenoxy) is 2. The molecule has 1 aromatic heterocycles. The molecule has 6 heteroatoms. The van der Waals surface area contributed by atoms with Crippen molar-refractivity contribution in [2.45, 2.75) is 19.9 Å². The zero-order chi connectivity index (χ0) is 14.7. The first-order chi connectivity index (χ1) is 10.3. The van der Waals surface area contributed by atoms with E-state index in [0.717, 1.165) is 30.1 Å². The minimum Gasteiger partial charge on any atom is -0.489 e. The van der Waals surface area contributed by atoms with Gasteiger partial charge >= 0.3 is 0 Å². The van der Waals surface area contributed by atoms with Crippen LogP contribution in [0.1, 0.15) is 18.2 Å². The lowest BCUT2D eigenvalue weighted by Crippen LogP contribution is -2.10. The van der Waals surface area contributed by atoms with Gasteiger partial charge in [-0.05, 0) is 18.7 Å². The molecule has 0 radical (unpaired) electrons. The number of thiazole rings is 1. The molecule has 1 aromatic carbocycles. The highest BCUT2D eigenvalue weighted by Crippen LogP contribution is 2.41. The van der Waals surface area contributed by atoms with Crippen molar-refractivity contribution in [3.63, 3.8) is 0 Å². The summed E-state index contributed by atoms with van der Waals surface area (Å²) in [5.41, 5.74) is 0.969. The van der Waals surface area contributed by atoms with E-state index in [1.54, 1.807) is 11.3 Å². The number of hydrogen-bond acceptors (Lipinski definition) is 5. The van der Waals surface area contributed by atoms with Gasteiger partial charge in [-0.2, -0.15) is 0 Å². The molecule has 1 aliphatic heterocycles. The maximum Gasteiger partial charge on any atom is 0.179 e. The molecular weight excluding hydrogens is 308 g/mol. The predicted molar refractivity (Wildman–Crippen MR) is 85.5 cm³/mol. The van der Waals surface area contributed by atoms with E-state index in [2.05, 4.69) is 17.2 Å². The lowest BCUT2D eigenvalue weighted by molar-refractivity contribution is 0.297. The molecule has 0 aliphatic carbocycles. The van der Waals surface area contributed by atoms with Crippen LogP contribution in [-0.4, -0.2) is 24.7 Å². The van der Waals surface area contributed by atoms with E-state index in [4.69, 9.17) is 21.1 Å². The molecule has 1 aliphatic rings. The minimum atomic E-state index is 0.577. The summed E-state index contributed by atoms with van der Waals surface area (Å²) in [4.78, 5) is 5.68. The van der Waals surface area contributed by atoms with Gasteiger partial charge in [0.15, 0.2) is 11.5 Å². The highest BCUT2D eigenvalue weighted by atomic mass is 35.5. The lowest BCUT2D eigenvalue weighted by atomic mass is 10.2. The average Bonchev–Trinajstić information content (AvgIpc) is 2.82. The Labute approximate surface area is 133 Å². The topological polar surface area (TPSA) is 43.4 Å². The summed E-state index contributed by atoms with van der Waals surface area (Å²) < 4.78 is 11.4. The van der Waals surface area contributed by atoms with Crippen molar-refractivity contribution in [3.05, 3.63) is 28.2 Å². The molecule has 3 rings (SSSR count). The third-order valence-electron chi connectivity index (χ3n) is 3.15. The van der Waals surface area contributed by atoms with Crippen molar-refractivity contribution >= 4 is 22.9 Å². The van der Waals surface area contributed by atoms with Crippen molar-refractivity contribution < 1.29 is 9.47 Å².